The molecule has 1 N–H and O–H groups in total. The number of H-pyrrole nitrogens is 1. The zero-order valence-electron chi connectivity index (χ0n) is 15.1. The Balaban J connectivity index is 1.57. The SMILES string of the molecule is Cc1cc2nc(SCc3ccc4c(c3)OCO4)n(-c3ccccc3)c(=O)c2[nH]1. The lowest BCUT2D eigenvalue weighted by Gasteiger charge is -2.12. The third-order valence-corrected chi connectivity index (χ3v) is 5.58. The molecule has 0 spiro atoms. The summed E-state index contributed by atoms with van der Waals surface area (Å²) in [6.07, 6.45) is 0. The van der Waals surface area contributed by atoms with Gasteiger partial charge in [0.25, 0.3) is 5.56 Å². The first-order valence-corrected chi connectivity index (χ1v) is 9.87. The average Bonchev–Trinajstić information content (AvgIpc) is 3.32. The average molecular weight is 391 g/mol. The minimum atomic E-state index is -0.0995. The quantitative estimate of drug-likeness (QED) is 0.420. The molecule has 0 saturated carbocycles. The number of benzene rings is 2. The van der Waals surface area contributed by atoms with Crippen LogP contribution >= 0.6 is 11.8 Å². The summed E-state index contributed by atoms with van der Waals surface area (Å²) in [5.74, 6) is 2.17. The zero-order chi connectivity index (χ0) is 19.1. The van der Waals surface area contributed by atoms with Gasteiger partial charge in [0.1, 0.15) is 5.52 Å². The number of rotatable bonds is 4. The molecule has 6 nitrogen and oxygen atoms in total. The Morgan fingerprint density at radius 1 is 1.11 bits per heavy atom. The zero-order valence-corrected chi connectivity index (χ0v) is 16.0. The first-order valence-electron chi connectivity index (χ1n) is 8.88. The first-order chi connectivity index (χ1) is 13.7. The molecule has 4 aromatic rings. The molecule has 2 aromatic carbocycles. The van der Waals surface area contributed by atoms with Gasteiger partial charge < -0.3 is 14.5 Å². The van der Waals surface area contributed by atoms with Crippen molar-refractivity contribution >= 4 is 22.8 Å². The fraction of sp³-hybridized carbons (Fsp3) is 0.143. The minimum Gasteiger partial charge on any atom is -0.454 e. The van der Waals surface area contributed by atoms with Gasteiger partial charge in [0.15, 0.2) is 16.7 Å². The second-order valence-electron chi connectivity index (χ2n) is 6.56. The molecular weight excluding hydrogens is 374 g/mol. The van der Waals surface area contributed by atoms with Crippen LogP contribution in [0.15, 0.2) is 64.5 Å². The number of aryl methyl sites for hydroxylation is 1. The van der Waals surface area contributed by atoms with E-state index in [1.54, 1.807) is 4.57 Å². The highest BCUT2D eigenvalue weighted by molar-refractivity contribution is 7.98. The highest BCUT2D eigenvalue weighted by atomic mass is 32.2. The number of nitrogens with one attached hydrogen (secondary N) is 1. The van der Waals surface area contributed by atoms with E-state index in [1.807, 2.05) is 61.5 Å². The summed E-state index contributed by atoms with van der Waals surface area (Å²) < 4.78 is 12.5. The molecule has 2 aromatic heterocycles. The van der Waals surface area contributed by atoms with E-state index in [-0.39, 0.29) is 12.4 Å². The van der Waals surface area contributed by atoms with Crippen molar-refractivity contribution in [1.82, 2.24) is 14.5 Å². The largest absolute Gasteiger partial charge is 0.454 e. The summed E-state index contributed by atoms with van der Waals surface area (Å²) in [5.41, 5.74) is 3.89. The lowest BCUT2D eigenvalue weighted by Crippen LogP contribution is -2.21. The van der Waals surface area contributed by atoms with Crippen LogP contribution < -0.4 is 15.0 Å². The molecule has 0 fully saturated rings. The van der Waals surface area contributed by atoms with Crippen LogP contribution in [0.3, 0.4) is 0 Å². The van der Waals surface area contributed by atoms with Crippen LogP contribution in [0.5, 0.6) is 11.5 Å². The van der Waals surface area contributed by atoms with E-state index in [1.165, 1.54) is 11.8 Å². The Kier molecular flexibility index (Phi) is 4.09. The fourth-order valence-electron chi connectivity index (χ4n) is 3.26. The second kappa shape index (κ2) is 6.76. The summed E-state index contributed by atoms with van der Waals surface area (Å²) in [4.78, 5) is 21.1. The topological polar surface area (TPSA) is 69.1 Å². The van der Waals surface area contributed by atoms with Gasteiger partial charge >= 0.3 is 0 Å². The van der Waals surface area contributed by atoms with Crippen LogP contribution in [0.25, 0.3) is 16.7 Å². The van der Waals surface area contributed by atoms with Crippen molar-refractivity contribution in [3.63, 3.8) is 0 Å². The van der Waals surface area contributed by atoms with Crippen LogP contribution in [0.2, 0.25) is 0 Å². The molecule has 5 rings (SSSR count). The number of thioether (sulfide) groups is 1. The van der Waals surface area contributed by atoms with Gasteiger partial charge in [0, 0.05) is 11.4 Å². The van der Waals surface area contributed by atoms with Crippen molar-refractivity contribution in [2.45, 2.75) is 17.8 Å². The van der Waals surface area contributed by atoms with E-state index in [9.17, 15) is 4.79 Å². The number of para-hydroxylation sites is 1. The van der Waals surface area contributed by atoms with E-state index in [4.69, 9.17) is 14.5 Å². The van der Waals surface area contributed by atoms with Gasteiger partial charge in [-0.15, -0.1) is 0 Å². The van der Waals surface area contributed by atoms with E-state index in [2.05, 4.69) is 4.98 Å². The summed E-state index contributed by atoms with van der Waals surface area (Å²) in [6, 6.07) is 17.4. The van der Waals surface area contributed by atoms with Gasteiger partial charge in [0.05, 0.1) is 11.2 Å². The Hall–Kier alpha value is -3.19. The Morgan fingerprint density at radius 2 is 1.93 bits per heavy atom. The van der Waals surface area contributed by atoms with Crippen molar-refractivity contribution in [2.24, 2.45) is 0 Å². The molecule has 1 aliphatic rings. The van der Waals surface area contributed by atoms with Gasteiger partial charge in [-0.05, 0) is 42.8 Å². The maximum atomic E-state index is 13.2. The van der Waals surface area contributed by atoms with Crippen LogP contribution in [0, 0.1) is 6.92 Å². The highest BCUT2D eigenvalue weighted by Gasteiger charge is 2.17. The number of hydrogen-bond donors (Lipinski definition) is 1. The number of aromatic nitrogens is 3. The van der Waals surface area contributed by atoms with Crippen LogP contribution in [-0.2, 0) is 5.75 Å². The van der Waals surface area contributed by atoms with Gasteiger partial charge in [0.2, 0.25) is 6.79 Å². The number of nitrogens with zero attached hydrogens (tertiary/aromatic N) is 2. The van der Waals surface area contributed by atoms with Crippen molar-refractivity contribution < 1.29 is 9.47 Å². The van der Waals surface area contributed by atoms with Gasteiger partial charge in [-0.2, -0.15) is 0 Å². The monoisotopic (exact) mass is 391 g/mol. The smallest absolute Gasteiger partial charge is 0.283 e. The Morgan fingerprint density at radius 3 is 2.79 bits per heavy atom. The Labute approximate surface area is 165 Å². The maximum Gasteiger partial charge on any atom is 0.283 e. The summed E-state index contributed by atoms with van der Waals surface area (Å²) in [5, 5.41) is 0.653. The molecule has 0 bridgehead atoms. The van der Waals surface area contributed by atoms with E-state index < -0.39 is 0 Å². The first kappa shape index (κ1) is 16.9. The van der Waals surface area contributed by atoms with Gasteiger partial charge in [-0.1, -0.05) is 36.0 Å². The molecule has 140 valence electrons. The summed E-state index contributed by atoms with van der Waals surface area (Å²) in [6.45, 7) is 2.18. The molecule has 0 atom stereocenters. The third-order valence-electron chi connectivity index (χ3n) is 4.58. The number of hydrogen-bond acceptors (Lipinski definition) is 5. The lowest BCUT2D eigenvalue weighted by molar-refractivity contribution is 0.174. The van der Waals surface area contributed by atoms with Crippen LogP contribution in [0.1, 0.15) is 11.3 Å². The molecule has 0 amide bonds. The highest BCUT2D eigenvalue weighted by Crippen LogP contribution is 2.34. The third kappa shape index (κ3) is 2.93. The summed E-state index contributed by atoms with van der Waals surface area (Å²) in [7, 11) is 0. The molecule has 0 unspecified atom stereocenters. The van der Waals surface area contributed by atoms with Crippen molar-refractivity contribution in [1.29, 1.82) is 0 Å². The van der Waals surface area contributed by atoms with Crippen LogP contribution in [0.4, 0.5) is 0 Å². The van der Waals surface area contributed by atoms with Crippen LogP contribution in [-0.4, -0.2) is 21.3 Å². The van der Waals surface area contributed by atoms with Crippen molar-refractivity contribution in [3.8, 4) is 17.2 Å². The molecule has 7 heteroatoms. The predicted octanol–water partition coefficient (Wildman–Crippen LogP) is 4.04. The molecule has 1 aliphatic heterocycles. The van der Waals surface area contributed by atoms with Gasteiger partial charge in [-0.25, -0.2) is 4.98 Å². The number of ether oxygens (including phenoxy) is 2. The van der Waals surface area contributed by atoms with Crippen molar-refractivity contribution in [3.05, 3.63) is 76.2 Å². The molecule has 3 heterocycles. The van der Waals surface area contributed by atoms with E-state index >= 15 is 0 Å². The molecule has 0 saturated heterocycles. The van der Waals surface area contributed by atoms with E-state index in [0.717, 1.165) is 28.4 Å². The molecule has 28 heavy (non-hydrogen) atoms. The van der Waals surface area contributed by atoms with E-state index in [0.29, 0.717) is 21.9 Å². The van der Waals surface area contributed by atoms with Gasteiger partial charge in [-0.3, -0.25) is 9.36 Å². The second-order valence-corrected chi connectivity index (χ2v) is 7.50. The minimum absolute atomic E-state index is 0.0995. The molecular formula is C21H17N3O3S. The fourth-order valence-corrected chi connectivity index (χ4v) is 4.21. The molecule has 0 radical (unpaired) electrons. The maximum absolute atomic E-state index is 13.2. The number of aromatic amines is 1. The molecule has 0 aliphatic carbocycles. The normalized spacial score (nSPS) is 12.6. The lowest BCUT2D eigenvalue weighted by atomic mass is 10.2. The Bertz CT molecular complexity index is 1230. The summed E-state index contributed by atoms with van der Waals surface area (Å²) >= 11 is 1.52. The van der Waals surface area contributed by atoms with Crippen molar-refractivity contribution in [2.75, 3.05) is 6.79 Å². The number of fused-ring (bicyclic) bond motifs is 2. The standard InChI is InChI=1S/C21H17N3O3S/c1-13-9-16-19(22-13)20(25)24(15-5-3-2-4-6-15)21(23-16)28-11-14-7-8-17-18(10-14)27-12-26-17/h2-10,22H,11-12H2,1H3. The predicted molar refractivity (Wildman–Crippen MR) is 109 cm³/mol.